The molecule has 0 unspecified atom stereocenters. The molecule has 1 aromatic rings. The molecule has 0 radical (unpaired) electrons. The molecule has 1 aromatic carbocycles. The van der Waals surface area contributed by atoms with Crippen molar-refractivity contribution in [1.29, 1.82) is 0 Å². The maximum Gasteiger partial charge on any atom is 0.176 e. The van der Waals surface area contributed by atoms with Gasteiger partial charge >= 0.3 is 0 Å². The molecule has 0 aliphatic rings. The number of terminal acetylenes is 1. The molecule has 0 saturated carbocycles. The maximum atomic E-state index is 12.1. The van der Waals surface area contributed by atoms with Gasteiger partial charge in [0.2, 0.25) is 0 Å². The normalized spacial score (nSPS) is 10.6. The van der Waals surface area contributed by atoms with E-state index >= 15 is 0 Å². The molecular weight excluding hydrogens is 246 g/mol. The second-order valence-corrected chi connectivity index (χ2v) is 5.02. The summed E-state index contributed by atoms with van der Waals surface area (Å²) in [5.41, 5.74) is 0.635. The summed E-state index contributed by atoms with van der Waals surface area (Å²) in [4.78, 5) is 14.1. The minimum atomic E-state index is -0.100. The Labute approximate surface area is 116 Å². The second kappa shape index (κ2) is 7.20. The summed E-state index contributed by atoms with van der Waals surface area (Å²) in [5.74, 6) is 2.71. The van der Waals surface area contributed by atoms with Crippen LogP contribution in [0.1, 0.15) is 31.1 Å². The number of carbonyl (C=O) groups excluding carboxylic acids is 1. The summed E-state index contributed by atoms with van der Waals surface area (Å²) < 4.78 is 0. The first-order valence-corrected chi connectivity index (χ1v) is 5.72. The van der Waals surface area contributed by atoms with Crippen LogP contribution >= 0.6 is 12.4 Å². The molecule has 1 rings (SSSR count). The van der Waals surface area contributed by atoms with Gasteiger partial charge in [0, 0.05) is 11.1 Å². The number of carbonyl (C=O) groups is 1. The van der Waals surface area contributed by atoms with Crippen LogP contribution in [0.4, 0.5) is 0 Å². The highest BCUT2D eigenvalue weighted by Gasteiger charge is 2.23. The zero-order valence-electron chi connectivity index (χ0n) is 11.1. The zero-order chi connectivity index (χ0) is 12.9. The van der Waals surface area contributed by atoms with Crippen molar-refractivity contribution < 1.29 is 4.79 Å². The summed E-state index contributed by atoms with van der Waals surface area (Å²) in [7, 11) is 0. The van der Waals surface area contributed by atoms with Crippen molar-refractivity contribution in [2.45, 2.75) is 26.3 Å². The summed E-state index contributed by atoms with van der Waals surface area (Å²) >= 11 is 0. The first kappa shape index (κ1) is 16.7. The van der Waals surface area contributed by atoms with E-state index in [9.17, 15) is 4.79 Å². The molecule has 98 valence electrons. The summed E-state index contributed by atoms with van der Waals surface area (Å²) in [6, 6.07) is 9.31. The van der Waals surface area contributed by atoms with E-state index in [0.29, 0.717) is 13.1 Å². The fourth-order valence-electron chi connectivity index (χ4n) is 1.53. The first-order valence-electron chi connectivity index (χ1n) is 5.72. The fourth-order valence-corrected chi connectivity index (χ4v) is 1.53. The van der Waals surface area contributed by atoms with Crippen LogP contribution in [-0.2, 0) is 0 Å². The largest absolute Gasteiger partial charge is 0.293 e. The Bertz CT molecular complexity index is 414. The topological polar surface area (TPSA) is 20.3 Å². The predicted octanol–water partition coefficient (Wildman–Crippen LogP) is 3.02. The first-order chi connectivity index (χ1) is 7.95. The minimum Gasteiger partial charge on any atom is -0.293 e. The molecule has 0 heterocycles. The Morgan fingerprint density at radius 1 is 1.28 bits per heavy atom. The third kappa shape index (κ3) is 4.91. The Morgan fingerprint density at radius 2 is 1.83 bits per heavy atom. The zero-order valence-corrected chi connectivity index (χ0v) is 12.0. The number of Topliss-reactive ketones (excluding diaryl/α,β-unsaturated/α-hetero) is 1. The van der Waals surface area contributed by atoms with E-state index in [0.717, 1.165) is 5.56 Å². The fraction of sp³-hybridized carbons (Fsp3) is 0.400. The van der Waals surface area contributed by atoms with Gasteiger partial charge in [-0.1, -0.05) is 36.3 Å². The van der Waals surface area contributed by atoms with Gasteiger partial charge in [0.25, 0.3) is 0 Å². The molecule has 0 bridgehead atoms. The summed E-state index contributed by atoms with van der Waals surface area (Å²) in [6.45, 7) is 7.02. The van der Waals surface area contributed by atoms with Gasteiger partial charge in [-0.2, -0.15) is 0 Å². The minimum absolute atomic E-state index is 0. The molecule has 0 N–H and O–H groups in total. The second-order valence-electron chi connectivity index (χ2n) is 5.02. The average molecular weight is 266 g/mol. The quantitative estimate of drug-likeness (QED) is 0.616. The van der Waals surface area contributed by atoms with Gasteiger partial charge in [0.15, 0.2) is 5.78 Å². The number of rotatable bonds is 4. The van der Waals surface area contributed by atoms with Crippen molar-refractivity contribution in [2.75, 3.05) is 13.1 Å². The maximum absolute atomic E-state index is 12.1. The lowest BCUT2D eigenvalue weighted by atomic mass is 10.0. The Balaban J connectivity index is 0.00000289. The molecule has 0 atom stereocenters. The van der Waals surface area contributed by atoms with Crippen LogP contribution in [0.2, 0.25) is 0 Å². The number of halogens is 1. The van der Waals surface area contributed by atoms with Gasteiger partial charge in [-0.15, -0.1) is 18.8 Å². The van der Waals surface area contributed by atoms with Crippen molar-refractivity contribution in [3.63, 3.8) is 0 Å². The number of ketones is 1. The highest BCUT2D eigenvalue weighted by molar-refractivity contribution is 5.97. The van der Waals surface area contributed by atoms with E-state index < -0.39 is 0 Å². The molecule has 3 heteroatoms. The van der Waals surface area contributed by atoms with E-state index in [-0.39, 0.29) is 23.7 Å². The Kier molecular flexibility index (Phi) is 6.68. The van der Waals surface area contributed by atoms with E-state index in [1.807, 2.05) is 35.2 Å². The summed E-state index contributed by atoms with van der Waals surface area (Å²) in [5, 5.41) is 0. The molecule has 0 saturated heterocycles. The van der Waals surface area contributed by atoms with Crippen LogP contribution in [0, 0.1) is 12.3 Å². The molecule has 0 aromatic heterocycles. The lowest BCUT2D eigenvalue weighted by Crippen LogP contribution is -2.44. The lowest BCUT2D eigenvalue weighted by Gasteiger charge is -2.33. The molecule has 0 aliphatic carbocycles. The molecule has 0 fully saturated rings. The van der Waals surface area contributed by atoms with Crippen molar-refractivity contribution >= 4 is 18.2 Å². The van der Waals surface area contributed by atoms with Gasteiger partial charge in [-0.05, 0) is 20.8 Å². The van der Waals surface area contributed by atoms with Crippen LogP contribution in [0.15, 0.2) is 30.3 Å². The van der Waals surface area contributed by atoms with Crippen molar-refractivity contribution in [3.05, 3.63) is 35.9 Å². The molecule has 0 aliphatic heterocycles. The Hall–Kier alpha value is -1.30. The number of hydrogen-bond acceptors (Lipinski definition) is 2. The van der Waals surface area contributed by atoms with Crippen LogP contribution in [0.5, 0.6) is 0 Å². The van der Waals surface area contributed by atoms with Gasteiger partial charge in [0.1, 0.15) is 0 Å². The molecule has 2 nitrogen and oxygen atoms in total. The monoisotopic (exact) mass is 265 g/mol. The lowest BCUT2D eigenvalue weighted by molar-refractivity contribution is 0.0849. The number of benzene rings is 1. The summed E-state index contributed by atoms with van der Waals surface area (Å²) in [6.07, 6.45) is 5.34. The third-order valence-corrected chi connectivity index (χ3v) is 2.66. The van der Waals surface area contributed by atoms with Gasteiger partial charge in [-0.3, -0.25) is 9.69 Å². The van der Waals surface area contributed by atoms with Gasteiger partial charge in [0.05, 0.1) is 13.1 Å². The van der Waals surface area contributed by atoms with Crippen LogP contribution in [-0.4, -0.2) is 29.3 Å². The van der Waals surface area contributed by atoms with Crippen molar-refractivity contribution in [2.24, 2.45) is 0 Å². The van der Waals surface area contributed by atoms with Crippen molar-refractivity contribution in [1.82, 2.24) is 4.90 Å². The standard InChI is InChI=1S/C15H19NO.ClH/c1-5-11-16(15(2,3)4)12-14(17)13-9-7-6-8-10-13;/h1,6-10H,11-12H2,2-4H3;1H. The molecule has 0 spiro atoms. The van der Waals surface area contributed by atoms with Gasteiger partial charge in [-0.25, -0.2) is 0 Å². The molecular formula is C15H20ClNO. The number of hydrogen-bond donors (Lipinski definition) is 0. The third-order valence-electron chi connectivity index (χ3n) is 2.66. The predicted molar refractivity (Wildman–Crippen MR) is 78.2 cm³/mol. The SMILES string of the molecule is C#CCN(CC(=O)c1ccccc1)C(C)(C)C.Cl. The van der Waals surface area contributed by atoms with Crippen LogP contribution in [0.25, 0.3) is 0 Å². The molecule has 18 heavy (non-hydrogen) atoms. The van der Waals surface area contributed by atoms with E-state index in [1.54, 1.807) is 0 Å². The number of nitrogens with zero attached hydrogens (tertiary/aromatic N) is 1. The average Bonchev–Trinajstić information content (AvgIpc) is 2.28. The van der Waals surface area contributed by atoms with E-state index in [4.69, 9.17) is 6.42 Å². The van der Waals surface area contributed by atoms with E-state index in [2.05, 4.69) is 26.7 Å². The van der Waals surface area contributed by atoms with Crippen LogP contribution < -0.4 is 0 Å². The highest BCUT2D eigenvalue weighted by atomic mass is 35.5. The van der Waals surface area contributed by atoms with Crippen molar-refractivity contribution in [3.8, 4) is 12.3 Å². The van der Waals surface area contributed by atoms with Gasteiger partial charge < -0.3 is 0 Å². The van der Waals surface area contributed by atoms with Crippen LogP contribution in [0.3, 0.4) is 0 Å². The Morgan fingerprint density at radius 3 is 2.28 bits per heavy atom. The smallest absolute Gasteiger partial charge is 0.176 e. The highest BCUT2D eigenvalue weighted by Crippen LogP contribution is 2.13. The van der Waals surface area contributed by atoms with E-state index in [1.165, 1.54) is 0 Å². The molecule has 0 amide bonds.